The highest BCUT2D eigenvalue weighted by Gasteiger charge is 2.40. The second kappa shape index (κ2) is 13.4. The van der Waals surface area contributed by atoms with Gasteiger partial charge in [-0.1, -0.05) is 56.3 Å². The third-order valence-corrected chi connectivity index (χ3v) is 8.61. The highest BCUT2D eigenvalue weighted by atomic mass is 19.1. The minimum absolute atomic E-state index is 0.181. The molecule has 6 rings (SSSR count). The predicted octanol–water partition coefficient (Wildman–Crippen LogP) is 5.73. The van der Waals surface area contributed by atoms with Gasteiger partial charge in [-0.05, 0) is 75.6 Å². The number of amides is 2. The molecule has 46 heavy (non-hydrogen) atoms. The largest absolute Gasteiger partial charge is 0.370 e. The van der Waals surface area contributed by atoms with Gasteiger partial charge in [0.2, 0.25) is 5.91 Å². The van der Waals surface area contributed by atoms with Crippen molar-refractivity contribution in [2.24, 2.45) is 0 Å². The Morgan fingerprint density at radius 3 is 2.43 bits per heavy atom. The molecule has 9 nitrogen and oxygen atoms in total. The number of aromatic nitrogens is 3. The molecule has 1 saturated heterocycles. The number of aromatic amines is 2. The highest BCUT2D eigenvalue weighted by Crippen LogP contribution is 2.28. The van der Waals surface area contributed by atoms with Crippen LogP contribution in [-0.2, 0) is 16.9 Å². The Morgan fingerprint density at radius 2 is 1.70 bits per heavy atom. The van der Waals surface area contributed by atoms with Crippen LogP contribution in [0.3, 0.4) is 0 Å². The van der Waals surface area contributed by atoms with Gasteiger partial charge in [0.15, 0.2) is 11.5 Å². The first-order valence-corrected chi connectivity index (χ1v) is 15.9. The number of nitrogens with zero attached hydrogens (tertiary/aromatic N) is 3. The smallest absolute Gasteiger partial charge is 0.289 e. The van der Waals surface area contributed by atoms with E-state index in [0.717, 1.165) is 16.6 Å². The van der Waals surface area contributed by atoms with Crippen LogP contribution in [0.25, 0.3) is 21.9 Å². The molecule has 0 aliphatic carbocycles. The molecule has 1 unspecified atom stereocenters. The lowest BCUT2D eigenvalue weighted by Gasteiger charge is -2.40. The van der Waals surface area contributed by atoms with Crippen LogP contribution in [0.1, 0.15) is 62.9 Å². The zero-order valence-electron chi connectivity index (χ0n) is 27.1. The maximum atomic E-state index is 14.4. The maximum Gasteiger partial charge on any atom is 0.289 e. The molecule has 4 N–H and O–H groups in total. The van der Waals surface area contributed by atoms with E-state index in [1.165, 1.54) is 12.1 Å². The molecular weight excluding hydrogens is 583 g/mol. The fourth-order valence-electron chi connectivity index (χ4n) is 6.01. The van der Waals surface area contributed by atoms with Crippen molar-refractivity contribution in [2.45, 2.75) is 64.8 Å². The average molecular weight is 627 g/mol. The molecule has 3 heterocycles. The summed E-state index contributed by atoms with van der Waals surface area (Å²) < 4.78 is 13.9. The average Bonchev–Trinajstić information content (AvgIpc) is 3.64. The quantitative estimate of drug-likeness (QED) is 0.172. The molecule has 0 saturated carbocycles. The van der Waals surface area contributed by atoms with Crippen LogP contribution in [0, 0.1) is 5.82 Å². The minimum atomic E-state index is -1.64. The lowest BCUT2D eigenvalue weighted by Crippen LogP contribution is -2.59. The van der Waals surface area contributed by atoms with Crippen molar-refractivity contribution in [3.63, 3.8) is 0 Å². The Kier molecular flexibility index (Phi) is 9.60. The molecule has 2 aromatic heterocycles. The number of aliphatic hydroxyl groups is 1. The lowest BCUT2D eigenvalue weighted by atomic mass is 9.95. The molecule has 3 aromatic carbocycles. The Morgan fingerprint density at radius 1 is 0.978 bits per heavy atom. The van der Waals surface area contributed by atoms with Crippen LogP contribution >= 0.6 is 0 Å². The van der Waals surface area contributed by atoms with Crippen molar-refractivity contribution in [2.75, 3.05) is 19.6 Å². The zero-order chi connectivity index (χ0) is 33.1. The highest BCUT2D eigenvalue weighted by molar-refractivity contribution is 5.94. The van der Waals surface area contributed by atoms with Crippen molar-refractivity contribution in [3.8, 4) is 0 Å². The van der Waals surface area contributed by atoms with Crippen LogP contribution in [0.2, 0.25) is 0 Å². The van der Waals surface area contributed by atoms with Gasteiger partial charge >= 0.3 is 0 Å². The van der Waals surface area contributed by atoms with Crippen molar-refractivity contribution in [1.82, 2.24) is 30.1 Å². The van der Waals surface area contributed by atoms with Gasteiger partial charge in [-0.25, -0.2) is 9.37 Å². The number of imidazole rings is 1. The van der Waals surface area contributed by atoms with E-state index in [0.29, 0.717) is 49.1 Å². The topological polar surface area (TPSA) is 117 Å². The summed E-state index contributed by atoms with van der Waals surface area (Å²) in [5.41, 5.74) is 1.35. The summed E-state index contributed by atoms with van der Waals surface area (Å²) in [5, 5.41) is 15.5. The standard InChI is InChI=1S/C34H37FN6O3.C2H6/c1-33(2)15-16-40(32(43)30-37-26-11-7-8-12-27(26)38-30)17-18-41(33)31(42)28(19-22-9-5-4-6-10-22)39-34(3,44)29-21-23-20-24(35)13-14-25(23)36-29;1-2/h4-14,20-21,28,36,39,44H,15-19H2,1-3H3,(H,37,38);1-2H3/t28-,34?;/m0./s1. The second-order valence-electron chi connectivity index (χ2n) is 12.3. The number of carbonyl (C=O) groups is 2. The van der Waals surface area contributed by atoms with Crippen LogP contribution in [0.5, 0.6) is 0 Å². The second-order valence-corrected chi connectivity index (χ2v) is 12.3. The molecule has 0 spiro atoms. The van der Waals surface area contributed by atoms with Gasteiger partial charge in [0.05, 0.1) is 22.8 Å². The number of fused-ring (bicyclic) bond motifs is 2. The van der Waals surface area contributed by atoms with Crippen molar-refractivity contribution < 1.29 is 19.1 Å². The molecule has 0 radical (unpaired) electrons. The van der Waals surface area contributed by atoms with Crippen molar-refractivity contribution in [3.05, 3.63) is 102 Å². The van der Waals surface area contributed by atoms with Gasteiger partial charge in [-0.15, -0.1) is 0 Å². The molecule has 1 aliphatic rings. The van der Waals surface area contributed by atoms with Crippen molar-refractivity contribution >= 4 is 33.8 Å². The van der Waals surface area contributed by atoms with Crippen LogP contribution < -0.4 is 5.32 Å². The molecular formula is C36H43FN6O3. The summed E-state index contributed by atoms with van der Waals surface area (Å²) in [7, 11) is 0. The Labute approximate surface area is 268 Å². The molecule has 2 amide bonds. The fourth-order valence-corrected chi connectivity index (χ4v) is 6.01. The maximum absolute atomic E-state index is 14.4. The summed E-state index contributed by atoms with van der Waals surface area (Å²) in [6.45, 7) is 10.7. The number of nitrogens with one attached hydrogen (secondary N) is 3. The number of hydrogen-bond donors (Lipinski definition) is 4. The SMILES string of the molecule is CC.CC(O)(N[C@@H](Cc1ccccc1)C(=O)N1CCN(C(=O)c2nc3ccccc3[nH]2)CCC1(C)C)c1cc2cc(F)ccc2[nH]1. The number of hydrogen-bond acceptors (Lipinski definition) is 5. The summed E-state index contributed by atoms with van der Waals surface area (Å²) >= 11 is 0. The van der Waals surface area contributed by atoms with Gasteiger partial charge in [0.25, 0.3) is 5.91 Å². The number of rotatable bonds is 7. The van der Waals surface area contributed by atoms with E-state index >= 15 is 0 Å². The van der Waals surface area contributed by atoms with Crippen LogP contribution in [0.15, 0.2) is 78.9 Å². The van der Waals surface area contributed by atoms with E-state index in [2.05, 4.69) is 20.3 Å². The molecule has 2 atom stereocenters. The fraction of sp³-hybridized carbons (Fsp3) is 0.361. The third kappa shape index (κ3) is 6.98. The Bertz CT molecular complexity index is 1780. The number of para-hydroxylation sites is 2. The number of carbonyl (C=O) groups excluding carboxylic acids is 2. The Balaban J connectivity index is 0.00000204. The minimum Gasteiger partial charge on any atom is -0.370 e. The number of H-pyrrole nitrogens is 2. The molecule has 1 fully saturated rings. The first-order valence-electron chi connectivity index (χ1n) is 15.9. The first-order chi connectivity index (χ1) is 22.0. The van der Waals surface area contributed by atoms with Gasteiger partial charge < -0.3 is 24.9 Å². The lowest BCUT2D eigenvalue weighted by molar-refractivity contribution is -0.141. The molecule has 10 heteroatoms. The van der Waals surface area contributed by atoms with E-state index in [1.807, 2.05) is 87.2 Å². The zero-order valence-corrected chi connectivity index (χ0v) is 27.1. The van der Waals surface area contributed by atoms with E-state index in [1.54, 1.807) is 24.0 Å². The molecule has 0 bridgehead atoms. The van der Waals surface area contributed by atoms with Crippen LogP contribution in [0.4, 0.5) is 4.39 Å². The van der Waals surface area contributed by atoms with Gasteiger partial charge in [0, 0.05) is 36.1 Å². The van der Waals surface area contributed by atoms with E-state index in [-0.39, 0.29) is 23.5 Å². The summed E-state index contributed by atoms with van der Waals surface area (Å²) in [6.07, 6.45) is 0.894. The molecule has 242 valence electrons. The summed E-state index contributed by atoms with van der Waals surface area (Å²) in [6, 6.07) is 22.4. The first kappa shape index (κ1) is 32.8. The van der Waals surface area contributed by atoms with E-state index in [9.17, 15) is 19.1 Å². The van der Waals surface area contributed by atoms with Gasteiger partial charge in [0.1, 0.15) is 5.82 Å². The molecule has 1 aliphatic heterocycles. The molecule has 5 aromatic rings. The van der Waals surface area contributed by atoms with Gasteiger partial charge in [-0.3, -0.25) is 14.9 Å². The van der Waals surface area contributed by atoms with Gasteiger partial charge in [-0.2, -0.15) is 0 Å². The van der Waals surface area contributed by atoms with E-state index < -0.39 is 17.3 Å². The van der Waals surface area contributed by atoms with Crippen LogP contribution in [-0.4, -0.2) is 72.9 Å². The monoisotopic (exact) mass is 626 g/mol. The normalized spacial score (nSPS) is 16.8. The third-order valence-electron chi connectivity index (χ3n) is 8.61. The van der Waals surface area contributed by atoms with Crippen molar-refractivity contribution in [1.29, 1.82) is 0 Å². The van der Waals surface area contributed by atoms with E-state index in [4.69, 9.17) is 0 Å². The summed E-state index contributed by atoms with van der Waals surface area (Å²) in [4.78, 5) is 42.2. The summed E-state index contributed by atoms with van der Waals surface area (Å²) in [5.74, 6) is -0.478. The predicted molar refractivity (Wildman–Crippen MR) is 179 cm³/mol. The number of benzene rings is 3. The Hall–Kier alpha value is -4.54. The number of halogens is 1.